The second-order valence-corrected chi connectivity index (χ2v) is 8.57. The van der Waals surface area contributed by atoms with Crippen molar-refractivity contribution in [3.8, 4) is 11.1 Å². The van der Waals surface area contributed by atoms with Crippen LogP contribution < -0.4 is 4.72 Å². The van der Waals surface area contributed by atoms with E-state index < -0.39 is 0 Å². The number of nitrogens with zero attached hydrogens (tertiary/aromatic N) is 1. The molecule has 1 aliphatic heterocycles. The van der Waals surface area contributed by atoms with Crippen molar-refractivity contribution < 1.29 is 4.79 Å². The Labute approximate surface area is 170 Å². The van der Waals surface area contributed by atoms with Crippen molar-refractivity contribution in [3.63, 3.8) is 0 Å². The molecule has 2 aliphatic rings. The van der Waals surface area contributed by atoms with Crippen molar-refractivity contribution in [1.82, 2.24) is 9.62 Å². The highest BCUT2D eigenvalue weighted by Crippen LogP contribution is 2.51. The lowest BCUT2D eigenvalue weighted by molar-refractivity contribution is -0.133. The zero-order valence-corrected chi connectivity index (χ0v) is 17.1. The van der Waals surface area contributed by atoms with Crippen LogP contribution in [0.1, 0.15) is 30.7 Å². The molecular weight excluding hydrogens is 376 g/mol. The monoisotopic (exact) mass is 400 g/mol. The third-order valence-corrected chi connectivity index (χ3v) is 6.43. The van der Waals surface area contributed by atoms with Gasteiger partial charge in [-0.15, -0.1) is 0 Å². The van der Waals surface area contributed by atoms with Crippen molar-refractivity contribution in [3.05, 3.63) is 59.1 Å². The van der Waals surface area contributed by atoms with E-state index in [1.807, 2.05) is 24.5 Å². The van der Waals surface area contributed by atoms with Gasteiger partial charge >= 0.3 is 0 Å². The van der Waals surface area contributed by atoms with E-state index in [9.17, 15) is 4.79 Å². The predicted molar refractivity (Wildman–Crippen MR) is 114 cm³/mol. The fourth-order valence-corrected chi connectivity index (χ4v) is 4.94. The van der Waals surface area contributed by atoms with Crippen LogP contribution in [-0.2, 0) is 4.79 Å². The van der Waals surface area contributed by atoms with E-state index in [0.29, 0.717) is 17.9 Å². The number of halogens is 1. The van der Waals surface area contributed by atoms with Gasteiger partial charge in [0.15, 0.2) is 0 Å². The van der Waals surface area contributed by atoms with Crippen LogP contribution in [-0.4, -0.2) is 36.2 Å². The number of carbonyl (C=O) groups excluding carboxylic acids is 1. The number of hydrogen-bond donors (Lipinski definition) is 1. The molecule has 0 aromatic heterocycles. The van der Waals surface area contributed by atoms with Gasteiger partial charge in [0.25, 0.3) is 0 Å². The molecule has 0 spiro atoms. The SMILES string of the molecule is CSNC1CCCN(C(=O)C2CC2c2ccccc2-c2cccc(Cl)c2)C1. The normalized spacial score (nSPS) is 24.7. The van der Waals surface area contributed by atoms with Crippen molar-refractivity contribution >= 4 is 29.5 Å². The largest absolute Gasteiger partial charge is 0.341 e. The Morgan fingerprint density at radius 1 is 1.22 bits per heavy atom. The highest BCUT2D eigenvalue weighted by atomic mass is 35.5. The molecule has 1 aliphatic carbocycles. The van der Waals surface area contributed by atoms with E-state index in [-0.39, 0.29) is 5.92 Å². The van der Waals surface area contributed by atoms with E-state index in [0.717, 1.165) is 42.9 Å². The minimum Gasteiger partial charge on any atom is -0.341 e. The lowest BCUT2D eigenvalue weighted by Crippen LogP contribution is -2.46. The van der Waals surface area contributed by atoms with Gasteiger partial charge in [0.05, 0.1) is 0 Å². The molecule has 27 heavy (non-hydrogen) atoms. The number of benzene rings is 2. The van der Waals surface area contributed by atoms with Gasteiger partial charge in [-0.2, -0.15) is 0 Å². The van der Waals surface area contributed by atoms with Crippen LogP contribution >= 0.6 is 23.5 Å². The molecule has 3 nitrogen and oxygen atoms in total. The van der Waals surface area contributed by atoms with Crippen LogP contribution in [0.5, 0.6) is 0 Å². The fourth-order valence-electron chi connectivity index (χ4n) is 4.23. The minimum absolute atomic E-state index is 0.123. The Balaban J connectivity index is 1.50. The summed E-state index contributed by atoms with van der Waals surface area (Å²) in [5, 5.41) is 0.742. The first-order valence-electron chi connectivity index (χ1n) is 9.59. The van der Waals surface area contributed by atoms with Crippen molar-refractivity contribution in [2.45, 2.75) is 31.2 Å². The number of amides is 1. The number of hydrogen-bond acceptors (Lipinski definition) is 3. The molecule has 2 fully saturated rings. The summed E-state index contributed by atoms with van der Waals surface area (Å²) in [6.45, 7) is 1.73. The molecule has 0 radical (unpaired) electrons. The van der Waals surface area contributed by atoms with Gasteiger partial charge in [0, 0.05) is 30.1 Å². The Bertz CT molecular complexity index is 825. The van der Waals surface area contributed by atoms with Crippen LogP contribution in [0.15, 0.2) is 48.5 Å². The van der Waals surface area contributed by atoms with Crippen molar-refractivity contribution in [2.24, 2.45) is 5.92 Å². The van der Waals surface area contributed by atoms with E-state index >= 15 is 0 Å². The van der Waals surface area contributed by atoms with Gasteiger partial charge in [-0.3, -0.25) is 9.52 Å². The summed E-state index contributed by atoms with van der Waals surface area (Å²) in [7, 11) is 0. The molecule has 1 heterocycles. The van der Waals surface area contributed by atoms with E-state index in [1.54, 1.807) is 11.9 Å². The molecule has 3 atom stereocenters. The van der Waals surface area contributed by atoms with Crippen molar-refractivity contribution in [1.29, 1.82) is 0 Å². The second kappa shape index (κ2) is 8.26. The van der Waals surface area contributed by atoms with Crippen LogP contribution in [0.4, 0.5) is 0 Å². The van der Waals surface area contributed by atoms with Crippen molar-refractivity contribution in [2.75, 3.05) is 19.3 Å². The van der Waals surface area contributed by atoms with Crippen LogP contribution in [0.25, 0.3) is 11.1 Å². The maximum Gasteiger partial charge on any atom is 0.226 e. The van der Waals surface area contributed by atoms with Gasteiger partial charge < -0.3 is 4.90 Å². The number of rotatable bonds is 5. The lowest BCUT2D eigenvalue weighted by Gasteiger charge is -2.33. The predicted octanol–water partition coefficient (Wildman–Crippen LogP) is 4.97. The maximum atomic E-state index is 13.1. The molecule has 2 aromatic carbocycles. The second-order valence-electron chi connectivity index (χ2n) is 7.49. The Kier molecular flexibility index (Phi) is 5.76. The molecule has 142 valence electrons. The molecule has 1 N–H and O–H groups in total. The summed E-state index contributed by atoms with van der Waals surface area (Å²) < 4.78 is 3.42. The van der Waals surface area contributed by atoms with E-state index in [1.165, 1.54) is 11.1 Å². The fraction of sp³-hybridized carbons (Fsp3) is 0.409. The lowest BCUT2D eigenvalue weighted by atomic mass is 9.95. The molecule has 2 aromatic rings. The van der Waals surface area contributed by atoms with E-state index in [2.05, 4.69) is 40.0 Å². The third kappa shape index (κ3) is 4.18. The molecule has 1 saturated heterocycles. The van der Waals surface area contributed by atoms with Gasteiger partial charge in [-0.1, -0.05) is 59.9 Å². The highest BCUT2D eigenvalue weighted by Gasteiger charge is 2.47. The molecular formula is C22H25ClN2OS. The zero-order valence-electron chi connectivity index (χ0n) is 15.5. The van der Waals surface area contributed by atoms with Crippen LogP contribution in [0, 0.1) is 5.92 Å². The molecule has 1 saturated carbocycles. The summed E-state index contributed by atoms with van der Waals surface area (Å²) in [4.78, 5) is 15.1. The smallest absolute Gasteiger partial charge is 0.226 e. The average Bonchev–Trinajstić information content (AvgIpc) is 3.49. The van der Waals surface area contributed by atoms with Gasteiger partial charge in [0.2, 0.25) is 5.91 Å². The Hall–Kier alpha value is -1.49. The summed E-state index contributed by atoms with van der Waals surface area (Å²) in [6.07, 6.45) is 5.23. The van der Waals surface area contributed by atoms with Gasteiger partial charge in [0.1, 0.15) is 0 Å². The topological polar surface area (TPSA) is 32.3 Å². The third-order valence-electron chi connectivity index (χ3n) is 5.62. The quantitative estimate of drug-likeness (QED) is 0.719. The first-order chi connectivity index (χ1) is 13.2. The average molecular weight is 401 g/mol. The van der Waals surface area contributed by atoms with E-state index in [4.69, 9.17) is 11.6 Å². The maximum absolute atomic E-state index is 13.1. The standard InChI is InChI=1S/C22H25ClN2OS/c1-27-24-17-8-5-11-25(14-17)22(26)21-13-20(21)19-10-3-2-9-18(19)15-6-4-7-16(23)12-15/h2-4,6-7,9-10,12,17,20-21,24H,5,8,11,13-14H2,1H3. The van der Waals surface area contributed by atoms with Gasteiger partial charge in [-0.25, -0.2) is 0 Å². The molecule has 0 bridgehead atoms. The number of piperidine rings is 1. The van der Waals surface area contributed by atoms with Gasteiger partial charge in [-0.05, 0) is 60.3 Å². The molecule has 4 rings (SSSR count). The summed E-state index contributed by atoms with van der Waals surface area (Å²) in [5.74, 6) is 0.772. The number of likely N-dealkylation sites (tertiary alicyclic amines) is 1. The number of carbonyl (C=O) groups is 1. The minimum atomic E-state index is 0.123. The summed E-state index contributed by atoms with van der Waals surface area (Å²) in [5.41, 5.74) is 3.59. The first-order valence-corrected chi connectivity index (χ1v) is 11.2. The molecule has 5 heteroatoms. The van der Waals surface area contributed by atoms with Crippen LogP contribution in [0.3, 0.4) is 0 Å². The number of nitrogens with one attached hydrogen (secondary N) is 1. The Morgan fingerprint density at radius 3 is 2.89 bits per heavy atom. The zero-order chi connectivity index (χ0) is 18.8. The highest BCUT2D eigenvalue weighted by molar-refractivity contribution is 7.96. The van der Waals surface area contributed by atoms with Crippen LogP contribution in [0.2, 0.25) is 5.02 Å². The first kappa shape index (κ1) is 18.9. The Morgan fingerprint density at radius 2 is 2.07 bits per heavy atom. The summed E-state index contributed by atoms with van der Waals surface area (Å²) in [6, 6.07) is 16.8. The summed E-state index contributed by atoms with van der Waals surface area (Å²) >= 11 is 7.84. The molecule has 1 amide bonds. The molecule has 3 unspecified atom stereocenters.